The van der Waals surface area contributed by atoms with Crippen LogP contribution in [0.15, 0.2) is 18.2 Å². The Bertz CT molecular complexity index is 712. The molecule has 0 atom stereocenters. The lowest BCUT2D eigenvalue weighted by Crippen LogP contribution is -2.69. The first-order valence-corrected chi connectivity index (χ1v) is 9.42. The van der Waals surface area contributed by atoms with Crippen LogP contribution in [-0.2, 0) is 15.0 Å². The summed E-state index contributed by atoms with van der Waals surface area (Å²) >= 11 is 12.7. The van der Waals surface area contributed by atoms with Crippen molar-refractivity contribution in [1.82, 2.24) is 10.2 Å². The van der Waals surface area contributed by atoms with Crippen LogP contribution in [0.2, 0.25) is 10.0 Å². The van der Waals surface area contributed by atoms with Crippen molar-refractivity contribution in [3.8, 4) is 0 Å². The summed E-state index contributed by atoms with van der Waals surface area (Å²) < 4.78 is 10.8. The van der Waals surface area contributed by atoms with Gasteiger partial charge in [-0.15, -0.1) is 0 Å². The monoisotopic (exact) mass is 416 g/mol. The highest BCUT2D eigenvalue weighted by Gasteiger charge is 2.51. The summed E-state index contributed by atoms with van der Waals surface area (Å²) in [5.74, 6) is 0. The summed E-state index contributed by atoms with van der Waals surface area (Å²) in [7, 11) is 0. The summed E-state index contributed by atoms with van der Waals surface area (Å²) in [6, 6.07) is 5.11. The molecule has 6 nitrogen and oxygen atoms in total. The number of hydrogen-bond acceptors (Lipinski definition) is 4. The zero-order valence-electron chi connectivity index (χ0n) is 16.5. The maximum atomic E-state index is 12.4. The molecule has 0 unspecified atom stereocenters. The van der Waals surface area contributed by atoms with E-state index >= 15 is 0 Å². The van der Waals surface area contributed by atoms with Crippen molar-refractivity contribution in [3.05, 3.63) is 33.8 Å². The van der Waals surface area contributed by atoms with E-state index in [1.54, 1.807) is 59.7 Å². The molecule has 1 fully saturated rings. The van der Waals surface area contributed by atoms with Crippen molar-refractivity contribution in [2.24, 2.45) is 0 Å². The molecule has 150 valence electrons. The molecule has 1 aliphatic rings. The molecule has 1 heterocycles. The van der Waals surface area contributed by atoms with E-state index in [1.807, 2.05) is 0 Å². The maximum absolute atomic E-state index is 12.4. The number of carbonyl (C=O) groups is 2. The zero-order chi connectivity index (χ0) is 20.6. The van der Waals surface area contributed by atoms with E-state index in [1.165, 1.54) is 4.90 Å². The van der Waals surface area contributed by atoms with E-state index in [4.69, 9.17) is 32.7 Å². The van der Waals surface area contributed by atoms with E-state index < -0.39 is 28.9 Å². The van der Waals surface area contributed by atoms with Crippen molar-refractivity contribution in [2.75, 3.05) is 13.1 Å². The zero-order valence-corrected chi connectivity index (χ0v) is 18.0. The van der Waals surface area contributed by atoms with Gasteiger partial charge in [-0.2, -0.15) is 0 Å². The highest BCUT2D eigenvalue weighted by atomic mass is 35.5. The lowest BCUT2D eigenvalue weighted by atomic mass is 9.82. The smallest absolute Gasteiger partial charge is 0.410 e. The van der Waals surface area contributed by atoms with Gasteiger partial charge in [-0.1, -0.05) is 29.3 Å². The molecule has 27 heavy (non-hydrogen) atoms. The predicted molar refractivity (Wildman–Crippen MR) is 105 cm³/mol. The fourth-order valence-electron chi connectivity index (χ4n) is 2.81. The van der Waals surface area contributed by atoms with Gasteiger partial charge in [0.05, 0.1) is 13.1 Å². The van der Waals surface area contributed by atoms with Gasteiger partial charge in [-0.05, 0) is 53.7 Å². The lowest BCUT2D eigenvalue weighted by Gasteiger charge is -2.50. The molecule has 0 aromatic heterocycles. The molecule has 1 N–H and O–H groups in total. The van der Waals surface area contributed by atoms with Crippen molar-refractivity contribution in [3.63, 3.8) is 0 Å². The minimum Gasteiger partial charge on any atom is -0.444 e. The van der Waals surface area contributed by atoms with Crippen LogP contribution in [0.25, 0.3) is 0 Å². The van der Waals surface area contributed by atoms with E-state index in [0.717, 1.165) is 0 Å². The number of nitrogens with zero attached hydrogens (tertiary/aromatic N) is 1. The van der Waals surface area contributed by atoms with Gasteiger partial charge in [0.2, 0.25) is 0 Å². The van der Waals surface area contributed by atoms with Gasteiger partial charge < -0.3 is 19.7 Å². The third-order valence-corrected chi connectivity index (χ3v) is 4.38. The molecular formula is C19H26Cl2N2O4. The number of hydrogen-bond donors (Lipinski definition) is 1. The molecule has 8 heteroatoms. The highest BCUT2D eigenvalue weighted by Crippen LogP contribution is 2.41. The molecule has 2 rings (SSSR count). The molecule has 1 aromatic carbocycles. The molecule has 0 spiro atoms. The third kappa shape index (κ3) is 5.42. The second-order valence-corrected chi connectivity index (χ2v) is 9.46. The predicted octanol–water partition coefficient (Wildman–Crippen LogP) is 4.96. The van der Waals surface area contributed by atoms with E-state index in [-0.39, 0.29) is 13.1 Å². The Kier molecular flexibility index (Phi) is 5.93. The number of ether oxygens (including phenoxy) is 2. The molecule has 0 bridgehead atoms. The van der Waals surface area contributed by atoms with Gasteiger partial charge in [0.1, 0.15) is 16.7 Å². The van der Waals surface area contributed by atoms with Crippen molar-refractivity contribution < 1.29 is 19.1 Å². The van der Waals surface area contributed by atoms with Crippen LogP contribution in [0.3, 0.4) is 0 Å². The van der Waals surface area contributed by atoms with Crippen molar-refractivity contribution in [2.45, 2.75) is 58.3 Å². The maximum Gasteiger partial charge on any atom is 0.410 e. The Balaban J connectivity index is 2.28. The fraction of sp³-hybridized carbons (Fsp3) is 0.579. The number of rotatable bonds is 2. The number of carbonyl (C=O) groups excluding carboxylic acids is 2. The van der Waals surface area contributed by atoms with Crippen LogP contribution in [-0.4, -0.2) is 41.4 Å². The van der Waals surface area contributed by atoms with Crippen LogP contribution in [0.4, 0.5) is 9.59 Å². The minimum absolute atomic E-state index is 0.171. The molecule has 1 saturated heterocycles. The molecule has 0 radical (unpaired) electrons. The quantitative estimate of drug-likeness (QED) is 0.738. The van der Waals surface area contributed by atoms with Crippen LogP contribution in [0.1, 0.15) is 47.1 Å². The largest absolute Gasteiger partial charge is 0.444 e. The Morgan fingerprint density at radius 2 is 1.48 bits per heavy atom. The highest BCUT2D eigenvalue weighted by molar-refractivity contribution is 6.36. The van der Waals surface area contributed by atoms with Gasteiger partial charge in [0.25, 0.3) is 0 Å². The summed E-state index contributed by atoms with van der Waals surface area (Å²) in [5, 5.41) is 3.66. The number of amides is 2. The summed E-state index contributed by atoms with van der Waals surface area (Å²) in [5.41, 5.74) is -1.67. The van der Waals surface area contributed by atoms with Crippen LogP contribution in [0.5, 0.6) is 0 Å². The average Bonchev–Trinajstić information content (AvgIpc) is 2.39. The second-order valence-electron chi connectivity index (χ2n) is 8.64. The Morgan fingerprint density at radius 3 is 1.93 bits per heavy atom. The van der Waals surface area contributed by atoms with E-state index in [2.05, 4.69) is 5.32 Å². The van der Waals surface area contributed by atoms with E-state index in [0.29, 0.717) is 15.6 Å². The minimum atomic E-state index is -0.950. The summed E-state index contributed by atoms with van der Waals surface area (Å²) in [6.07, 6.45) is -1.07. The molecule has 1 aliphatic heterocycles. The summed E-state index contributed by atoms with van der Waals surface area (Å²) in [6.45, 7) is 11.0. The number of benzene rings is 1. The molecule has 1 aromatic rings. The first-order valence-electron chi connectivity index (χ1n) is 8.66. The van der Waals surface area contributed by atoms with Crippen molar-refractivity contribution >= 4 is 35.4 Å². The molecular weight excluding hydrogens is 391 g/mol. The first kappa shape index (κ1) is 21.6. The molecule has 0 aliphatic carbocycles. The molecule has 0 saturated carbocycles. The number of likely N-dealkylation sites (tertiary alicyclic amines) is 1. The van der Waals surface area contributed by atoms with Crippen LogP contribution >= 0.6 is 23.2 Å². The number of nitrogens with one attached hydrogen (secondary N) is 1. The second kappa shape index (κ2) is 7.40. The van der Waals surface area contributed by atoms with Gasteiger partial charge in [-0.3, -0.25) is 0 Å². The Morgan fingerprint density at radius 1 is 1.00 bits per heavy atom. The van der Waals surface area contributed by atoms with Gasteiger partial charge >= 0.3 is 12.2 Å². The topological polar surface area (TPSA) is 67.9 Å². The molecule has 2 amide bonds. The van der Waals surface area contributed by atoms with E-state index in [9.17, 15) is 9.59 Å². The standard InChI is InChI=1S/C19H26Cl2N2O4/c1-17(2,3)26-15(24)22-19(14-12(20)8-7-9-13(14)21)10-23(11-19)16(25)27-18(4,5)6/h7-9H,10-11H2,1-6H3,(H,22,24). The Labute approximate surface area is 170 Å². The van der Waals surface area contributed by atoms with Gasteiger partial charge in [-0.25, -0.2) is 9.59 Å². The average molecular weight is 417 g/mol. The van der Waals surface area contributed by atoms with Crippen molar-refractivity contribution in [1.29, 1.82) is 0 Å². The third-order valence-electron chi connectivity index (χ3n) is 3.75. The van der Waals surface area contributed by atoms with Gasteiger partial charge in [0.15, 0.2) is 0 Å². The number of alkyl carbamates (subject to hydrolysis) is 1. The first-order chi connectivity index (χ1) is 12.2. The normalized spacial score (nSPS) is 16.4. The Hall–Kier alpha value is -1.66. The van der Waals surface area contributed by atoms with Crippen LogP contribution in [0, 0.1) is 0 Å². The fourth-order valence-corrected chi connectivity index (χ4v) is 3.57. The van der Waals surface area contributed by atoms with Crippen LogP contribution < -0.4 is 5.32 Å². The summed E-state index contributed by atoms with van der Waals surface area (Å²) in [4.78, 5) is 26.2. The number of halogens is 2. The SMILES string of the molecule is CC(C)(C)OC(=O)NC1(c2c(Cl)cccc2Cl)CN(C(=O)OC(C)(C)C)C1. The lowest BCUT2D eigenvalue weighted by molar-refractivity contribution is -0.0229. The van der Waals surface area contributed by atoms with Gasteiger partial charge in [0, 0.05) is 15.6 Å².